The van der Waals surface area contributed by atoms with E-state index in [1.165, 1.54) is 36.5 Å². The Kier molecular flexibility index (Phi) is 10.1. The molecule has 3 atom stereocenters. The predicted octanol–water partition coefficient (Wildman–Crippen LogP) is 4.67. The molecule has 0 saturated heterocycles. The molecule has 0 unspecified atom stereocenters. The van der Waals surface area contributed by atoms with Crippen LogP contribution in [0.5, 0.6) is 5.75 Å². The number of anilines is 2. The molecule has 4 amide bonds. The number of ether oxygens (including phenoxy) is 1. The van der Waals surface area contributed by atoms with Gasteiger partial charge < -0.3 is 30.3 Å². The quantitative estimate of drug-likeness (QED) is 0.356. The third kappa shape index (κ3) is 8.04. The molecule has 234 valence electrons. The van der Waals surface area contributed by atoms with Crippen LogP contribution in [0.1, 0.15) is 35.3 Å². The summed E-state index contributed by atoms with van der Waals surface area (Å²) in [4.78, 5) is 45.9. The number of pyridine rings is 1. The number of carbonyl (C=O) groups is 3. The molecule has 0 radical (unpaired) electrons. The molecule has 1 aromatic heterocycles. The van der Waals surface area contributed by atoms with E-state index in [-0.39, 0.29) is 49.5 Å². The summed E-state index contributed by atoms with van der Waals surface area (Å²) in [5.41, 5.74) is 0.727. The first-order valence-corrected chi connectivity index (χ1v) is 14.0. The predicted molar refractivity (Wildman–Crippen MR) is 157 cm³/mol. The van der Waals surface area contributed by atoms with Gasteiger partial charge in [-0.05, 0) is 61.5 Å². The number of fused-ring (bicyclic) bond motifs is 1. The lowest BCUT2D eigenvalue weighted by molar-refractivity contribution is -0.137. The first kappa shape index (κ1) is 32.3. The Morgan fingerprint density at radius 3 is 2.39 bits per heavy atom. The van der Waals surface area contributed by atoms with Gasteiger partial charge in [0.2, 0.25) is 5.91 Å². The number of nitrogens with one attached hydrogen (secondary N) is 2. The average molecular weight is 614 g/mol. The van der Waals surface area contributed by atoms with E-state index in [9.17, 15) is 32.7 Å². The fourth-order valence-electron chi connectivity index (χ4n) is 4.75. The summed E-state index contributed by atoms with van der Waals surface area (Å²) in [6.07, 6.45) is -2.15. The second-order valence-electron chi connectivity index (χ2n) is 10.8. The summed E-state index contributed by atoms with van der Waals surface area (Å²) in [5, 5.41) is 15.3. The van der Waals surface area contributed by atoms with Crippen LogP contribution in [0.4, 0.5) is 29.3 Å². The minimum absolute atomic E-state index is 0.0532. The van der Waals surface area contributed by atoms with Crippen molar-refractivity contribution in [2.45, 2.75) is 38.6 Å². The molecule has 0 saturated carbocycles. The highest BCUT2D eigenvalue weighted by atomic mass is 19.4. The lowest BCUT2D eigenvalue weighted by Gasteiger charge is -2.34. The molecule has 0 fully saturated rings. The Balaban J connectivity index is 1.55. The average Bonchev–Trinajstić information content (AvgIpc) is 3.04. The smallest absolute Gasteiger partial charge is 0.416 e. The lowest BCUT2D eigenvalue weighted by atomic mass is 10.0. The van der Waals surface area contributed by atoms with Crippen molar-refractivity contribution in [1.29, 1.82) is 0 Å². The number of aromatic nitrogens is 1. The molecule has 13 heteroatoms. The zero-order chi connectivity index (χ0) is 32.0. The zero-order valence-electron chi connectivity index (χ0n) is 24.5. The number of amides is 4. The van der Waals surface area contributed by atoms with E-state index in [0.29, 0.717) is 22.6 Å². The van der Waals surface area contributed by atoms with Gasteiger partial charge in [-0.2, -0.15) is 13.2 Å². The van der Waals surface area contributed by atoms with Crippen LogP contribution in [0.3, 0.4) is 0 Å². The van der Waals surface area contributed by atoms with E-state index in [2.05, 4.69) is 15.6 Å². The molecule has 10 nitrogen and oxygen atoms in total. The highest BCUT2D eigenvalue weighted by Gasteiger charge is 2.32. The molecule has 1 aliphatic heterocycles. The first-order chi connectivity index (χ1) is 20.8. The van der Waals surface area contributed by atoms with Gasteiger partial charge in [0.05, 0.1) is 31.2 Å². The van der Waals surface area contributed by atoms with Gasteiger partial charge in [-0.15, -0.1) is 0 Å². The molecule has 4 rings (SSSR count). The normalized spacial score (nSPS) is 17.7. The van der Waals surface area contributed by atoms with E-state index in [0.717, 1.165) is 12.1 Å². The van der Waals surface area contributed by atoms with E-state index < -0.39 is 29.9 Å². The number of likely N-dealkylation sites (N-methyl/N-ethyl adjacent to an activating group) is 1. The fourth-order valence-corrected chi connectivity index (χ4v) is 4.75. The third-order valence-electron chi connectivity index (χ3n) is 7.38. The van der Waals surface area contributed by atoms with E-state index in [4.69, 9.17) is 4.74 Å². The monoisotopic (exact) mass is 613 g/mol. The SMILES string of the molecule is C[C@@H]1CN([C@H](C)CO)C(=O)Cc2cc(NC(=O)c3ccncc3)ccc2O[C@H]1CN(C)C(=O)Nc1ccc(C(F)(F)F)cc1. The maximum absolute atomic E-state index is 13.4. The number of aliphatic hydroxyl groups is 1. The second-order valence-corrected chi connectivity index (χ2v) is 10.8. The molecule has 3 N–H and O–H groups in total. The van der Waals surface area contributed by atoms with Crippen LogP contribution in [0.15, 0.2) is 67.0 Å². The number of aliphatic hydroxyl groups excluding tert-OH is 1. The van der Waals surface area contributed by atoms with Crippen LogP contribution >= 0.6 is 0 Å². The summed E-state index contributed by atoms with van der Waals surface area (Å²) < 4.78 is 45.1. The van der Waals surface area contributed by atoms with Crippen molar-refractivity contribution in [3.63, 3.8) is 0 Å². The number of urea groups is 1. The van der Waals surface area contributed by atoms with Gasteiger partial charge in [0.1, 0.15) is 11.9 Å². The van der Waals surface area contributed by atoms with Crippen molar-refractivity contribution in [3.05, 3.63) is 83.7 Å². The number of alkyl halides is 3. The number of hydrogen-bond donors (Lipinski definition) is 3. The van der Waals surface area contributed by atoms with E-state index in [1.54, 1.807) is 42.2 Å². The number of carbonyl (C=O) groups excluding carboxylic acids is 3. The van der Waals surface area contributed by atoms with Crippen LogP contribution in [0, 0.1) is 5.92 Å². The number of benzene rings is 2. The molecule has 2 aromatic carbocycles. The Morgan fingerprint density at radius 1 is 1.09 bits per heavy atom. The molecule has 44 heavy (non-hydrogen) atoms. The van der Waals surface area contributed by atoms with Crippen LogP contribution in [0.25, 0.3) is 0 Å². The summed E-state index contributed by atoms with van der Waals surface area (Å²) >= 11 is 0. The van der Waals surface area contributed by atoms with Gasteiger partial charge in [-0.3, -0.25) is 14.6 Å². The van der Waals surface area contributed by atoms with Crippen LogP contribution < -0.4 is 15.4 Å². The minimum atomic E-state index is -4.49. The number of nitrogens with zero attached hydrogens (tertiary/aromatic N) is 3. The van der Waals surface area contributed by atoms with Crippen LogP contribution in [0.2, 0.25) is 0 Å². The van der Waals surface area contributed by atoms with Crippen molar-refractivity contribution in [2.24, 2.45) is 5.92 Å². The molecule has 0 bridgehead atoms. The van der Waals surface area contributed by atoms with E-state index in [1.807, 2.05) is 6.92 Å². The van der Waals surface area contributed by atoms with Crippen LogP contribution in [-0.2, 0) is 17.4 Å². The Hall–Kier alpha value is -4.65. The van der Waals surface area contributed by atoms with Crippen molar-refractivity contribution < 1.29 is 37.4 Å². The molecule has 0 spiro atoms. The van der Waals surface area contributed by atoms with Crippen molar-refractivity contribution >= 4 is 29.2 Å². The first-order valence-electron chi connectivity index (χ1n) is 14.0. The minimum Gasteiger partial charge on any atom is -0.488 e. The van der Waals surface area contributed by atoms with Crippen molar-refractivity contribution in [3.8, 4) is 5.75 Å². The van der Waals surface area contributed by atoms with Gasteiger partial charge in [0.25, 0.3) is 5.91 Å². The van der Waals surface area contributed by atoms with Crippen molar-refractivity contribution in [2.75, 3.05) is 37.4 Å². The summed E-state index contributed by atoms with van der Waals surface area (Å²) in [6, 6.07) is 11.2. The Bertz CT molecular complexity index is 1470. The molecular weight excluding hydrogens is 579 g/mol. The number of halogens is 3. The summed E-state index contributed by atoms with van der Waals surface area (Å²) in [5.74, 6) is -0.501. The molecule has 1 aliphatic rings. The standard InChI is InChI=1S/C31H34F3N5O5/c1-19-16-39(20(2)18-40)28(41)15-22-14-25(36-29(42)21-10-12-35-13-11-21)8-9-26(22)44-27(19)17-38(3)30(43)37-24-6-4-23(5-7-24)31(32,33)34/h4-14,19-20,27,40H,15-18H2,1-3H3,(H,36,42)(H,37,43)/t19-,20-,27+/m1/s1. The topological polar surface area (TPSA) is 124 Å². The van der Waals surface area contributed by atoms with Gasteiger partial charge in [0, 0.05) is 54.4 Å². The zero-order valence-corrected chi connectivity index (χ0v) is 24.5. The van der Waals surface area contributed by atoms with Gasteiger partial charge in [-0.25, -0.2) is 4.79 Å². The molecule has 3 aromatic rings. The third-order valence-corrected chi connectivity index (χ3v) is 7.38. The Morgan fingerprint density at radius 2 is 1.75 bits per heavy atom. The molecule has 0 aliphatic carbocycles. The fraction of sp³-hybridized carbons (Fsp3) is 0.355. The van der Waals surface area contributed by atoms with Crippen LogP contribution in [-0.4, -0.2) is 76.6 Å². The number of hydrogen-bond acceptors (Lipinski definition) is 6. The number of rotatable bonds is 7. The second kappa shape index (κ2) is 13.8. The van der Waals surface area contributed by atoms with Gasteiger partial charge >= 0.3 is 12.2 Å². The largest absolute Gasteiger partial charge is 0.488 e. The maximum atomic E-state index is 13.4. The Labute approximate surface area is 252 Å². The van der Waals surface area contributed by atoms with Crippen molar-refractivity contribution in [1.82, 2.24) is 14.8 Å². The van der Waals surface area contributed by atoms with Gasteiger partial charge in [-0.1, -0.05) is 6.92 Å². The molecular formula is C31H34F3N5O5. The molecule has 2 heterocycles. The summed E-state index contributed by atoms with van der Waals surface area (Å²) in [6.45, 7) is 3.65. The summed E-state index contributed by atoms with van der Waals surface area (Å²) in [7, 11) is 1.53. The highest BCUT2D eigenvalue weighted by molar-refractivity contribution is 6.04. The highest BCUT2D eigenvalue weighted by Crippen LogP contribution is 2.31. The van der Waals surface area contributed by atoms with Gasteiger partial charge in [0.15, 0.2) is 0 Å². The maximum Gasteiger partial charge on any atom is 0.416 e. The van der Waals surface area contributed by atoms with E-state index >= 15 is 0 Å². The lowest BCUT2D eigenvalue weighted by Crippen LogP contribution is -2.48.